The number of hydrogen-bond donors (Lipinski definition) is 1. The number of benzene rings is 1. The molecule has 1 aromatic carbocycles. The number of alkyl halides is 2. The molecule has 0 spiro atoms. The van der Waals surface area contributed by atoms with E-state index in [-0.39, 0.29) is 5.75 Å². The van der Waals surface area contributed by atoms with Crippen molar-refractivity contribution in [1.82, 2.24) is 4.90 Å². The summed E-state index contributed by atoms with van der Waals surface area (Å²) < 4.78 is 31.6. The summed E-state index contributed by atoms with van der Waals surface area (Å²) >= 11 is 0. The highest BCUT2D eigenvalue weighted by Gasteiger charge is 2.46. The molecule has 1 saturated heterocycles. The van der Waals surface area contributed by atoms with Gasteiger partial charge in [-0.25, -0.2) is 8.78 Å². The molecule has 0 unspecified atom stereocenters. The first-order valence-electron chi connectivity index (χ1n) is 6.40. The van der Waals surface area contributed by atoms with Gasteiger partial charge < -0.3 is 14.7 Å². The van der Waals surface area contributed by atoms with E-state index >= 15 is 0 Å². The van der Waals surface area contributed by atoms with Crippen LogP contribution in [0.1, 0.15) is 23.7 Å². The zero-order chi connectivity index (χ0) is 16.7. The second kappa shape index (κ2) is 5.39. The average Bonchev–Trinajstić information content (AvgIpc) is 2.70. The van der Waals surface area contributed by atoms with Crippen LogP contribution in [0.15, 0.2) is 12.1 Å². The summed E-state index contributed by atoms with van der Waals surface area (Å²) in [5.41, 5.74) is -1.06. The van der Waals surface area contributed by atoms with Crippen molar-refractivity contribution in [2.75, 3.05) is 13.7 Å². The summed E-state index contributed by atoms with van der Waals surface area (Å²) in [7, 11) is 1.21. The number of rotatable bonds is 3. The van der Waals surface area contributed by atoms with Crippen molar-refractivity contribution < 1.29 is 28.3 Å². The van der Waals surface area contributed by atoms with Gasteiger partial charge in [0.05, 0.1) is 24.6 Å². The van der Waals surface area contributed by atoms with Crippen LogP contribution < -0.4 is 4.74 Å². The molecule has 1 heterocycles. The van der Waals surface area contributed by atoms with Crippen molar-refractivity contribution in [2.24, 2.45) is 0 Å². The summed E-state index contributed by atoms with van der Waals surface area (Å²) in [6, 6.07) is 1.01. The Morgan fingerprint density at radius 2 is 2.18 bits per heavy atom. The Labute approximate surface area is 124 Å². The van der Waals surface area contributed by atoms with Crippen LogP contribution in [0, 0.1) is 10.1 Å². The van der Waals surface area contributed by atoms with Gasteiger partial charge in [-0.15, -0.1) is 0 Å². The number of aromatic hydroxyl groups is 1. The summed E-state index contributed by atoms with van der Waals surface area (Å²) in [5.74, 6) is -4.57. The van der Waals surface area contributed by atoms with E-state index in [1.807, 2.05) is 0 Å². The Balaban J connectivity index is 2.47. The van der Waals surface area contributed by atoms with E-state index in [4.69, 9.17) is 4.74 Å². The van der Waals surface area contributed by atoms with Crippen LogP contribution in [0.2, 0.25) is 0 Å². The lowest BCUT2D eigenvalue weighted by Crippen LogP contribution is -2.35. The third-order valence-corrected chi connectivity index (χ3v) is 3.51. The van der Waals surface area contributed by atoms with Crippen molar-refractivity contribution in [2.45, 2.75) is 25.3 Å². The van der Waals surface area contributed by atoms with Gasteiger partial charge in [0.25, 0.3) is 17.5 Å². The molecule has 0 aromatic heterocycles. The molecule has 0 aliphatic carbocycles. The fourth-order valence-corrected chi connectivity index (χ4v) is 2.48. The molecule has 1 aromatic rings. The van der Waals surface area contributed by atoms with Crippen LogP contribution in [-0.4, -0.2) is 46.5 Å². The van der Waals surface area contributed by atoms with Crippen LogP contribution >= 0.6 is 0 Å². The maximum absolute atomic E-state index is 13.4. The fourth-order valence-electron chi connectivity index (χ4n) is 2.48. The van der Waals surface area contributed by atoms with Crippen LogP contribution in [0.5, 0.6) is 11.5 Å². The maximum Gasteiger partial charge on any atom is 0.286 e. The molecule has 1 atom stereocenters. The smallest absolute Gasteiger partial charge is 0.286 e. The monoisotopic (exact) mass is 316 g/mol. The standard InChI is InChI=1S/C13H14F2N2O5/c1-7-5-13(14,15)6-16(7)12(19)8-3-11(22-2)10(18)4-9(8)17(20)21/h3-4,7,18H,5-6H2,1-2H3/t7-/m1/s1. The van der Waals surface area contributed by atoms with Gasteiger partial charge in [-0.3, -0.25) is 14.9 Å². The fraction of sp³-hybridized carbons (Fsp3) is 0.462. The second-order valence-electron chi connectivity index (χ2n) is 5.14. The summed E-state index contributed by atoms with van der Waals surface area (Å²) in [4.78, 5) is 23.5. The minimum absolute atomic E-state index is 0.146. The molecule has 1 fully saturated rings. The van der Waals surface area contributed by atoms with E-state index < -0.39 is 52.8 Å². The first-order chi connectivity index (χ1) is 10.2. The number of nitro groups is 1. The first-order valence-corrected chi connectivity index (χ1v) is 6.40. The molecule has 22 heavy (non-hydrogen) atoms. The Hall–Kier alpha value is -2.45. The summed E-state index contributed by atoms with van der Waals surface area (Å²) in [5, 5.41) is 20.6. The number of nitrogens with zero attached hydrogens (tertiary/aromatic N) is 2. The molecular weight excluding hydrogens is 302 g/mol. The number of halogens is 2. The van der Waals surface area contributed by atoms with Gasteiger partial charge in [0, 0.05) is 18.5 Å². The quantitative estimate of drug-likeness (QED) is 0.681. The van der Waals surface area contributed by atoms with E-state index in [1.165, 1.54) is 14.0 Å². The van der Waals surface area contributed by atoms with Crippen LogP contribution in [-0.2, 0) is 0 Å². The minimum Gasteiger partial charge on any atom is -0.504 e. The van der Waals surface area contributed by atoms with Crippen molar-refractivity contribution in [3.05, 3.63) is 27.8 Å². The van der Waals surface area contributed by atoms with Crippen LogP contribution in [0.25, 0.3) is 0 Å². The molecule has 1 N–H and O–H groups in total. The van der Waals surface area contributed by atoms with Gasteiger partial charge >= 0.3 is 0 Å². The van der Waals surface area contributed by atoms with Crippen molar-refractivity contribution in [1.29, 1.82) is 0 Å². The van der Waals surface area contributed by atoms with Crippen molar-refractivity contribution in [3.8, 4) is 11.5 Å². The number of phenolic OH excluding ortho intramolecular Hbond substituents is 1. The largest absolute Gasteiger partial charge is 0.504 e. The van der Waals surface area contributed by atoms with E-state index in [0.29, 0.717) is 0 Å². The number of hydrogen-bond acceptors (Lipinski definition) is 5. The second-order valence-corrected chi connectivity index (χ2v) is 5.14. The third kappa shape index (κ3) is 2.78. The molecule has 9 heteroatoms. The lowest BCUT2D eigenvalue weighted by molar-refractivity contribution is -0.385. The van der Waals surface area contributed by atoms with Gasteiger partial charge in [0.15, 0.2) is 11.5 Å². The van der Waals surface area contributed by atoms with E-state index in [0.717, 1.165) is 17.0 Å². The topological polar surface area (TPSA) is 92.9 Å². The first kappa shape index (κ1) is 15.9. The molecule has 0 bridgehead atoms. The van der Waals surface area contributed by atoms with E-state index in [1.54, 1.807) is 0 Å². The molecule has 120 valence electrons. The van der Waals surface area contributed by atoms with Gasteiger partial charge in [-0.05, 0) is 6.92 Å². The lowest BCUT2D eigenvalue weighted by atomic mass is 10.1. The number of carbonyl (C=O) groups excluding carboxylic acids is 1. The van der Waals surface area contributed by atoms with E-state index in [9.17, 15) is 28.8 Å². The highest BCUT2D eigenvalue weighted by atomic mass is 19.3. The molecule has 0 radical (unpaired) electrons. The summed E-state index contributed by atoms with van der Waals surface area (Å²) in [6.07, 6.45) is -0.498. The molecule has 1 aliphatic rings. The molecule has 0 saturated carbocycles. The van der Waals surface area contributed by atoms with Gasteiger partial charge in [-0.1, -0.05) is 0 Å². The van der Waals surface area contributed by atoms with Crippen molar-refractivity contribution in [3.63, 3.8) is 0 Å². The minimum atomic E-state index is -3.02. The lowest BCUT2D eigenvalue weighted by Gasteiger charge is -2.21. The number of likely N-dealkylation sites (tertiary alicyclic amines) is 1. The molecular formula is C13H14F2N2O5. The van der Waals surface area contributed by atoms with Crippen LogP contribution in [0.4, 0.5) is 14.5 Å². The predicted octanol–water partition coefficient (Wildman–Crippen LogP) is 2.18. The highest BCUT2D eigenvalue weighted by Crippen LogP contribution is 2.37. The van der Waals surface area contributed by atoms with Crippen LogP contribution in [0.3, 0.4) is 0 Å². The highest BCUT2D eigenvalue weighted by molar-refractivity contribution is 5.99. The van der Waals surface area contributed by atoms with Crippen molar-refractivity contribution >= 4 is 11.6 Å². The van der Waals surface area contributed by atoms with Gasteiger partial charge in [0.2, 0.25) is 0 Å². The number of nitro benzene ring substituents is 1. The predicted molar refractivity (Wildman–Crippen MR) is 71.4 cm³/mol. The molecule has 1 amide bonds. The Morgan fingerprint density at radius 3 is 2.64 bits per heavy atom. The number of carbonyl (C=O) groups is 1. The normalized spacial score (nSPS) is 20.0. The molecule has 1 aliphatic heterocycles. The average molecular weight is 316 g/mol. The zero-order valence-corrected chi connectivity index (χ0v) is 11.9. The number of ether oxygens (including phenoxy) is 1. The number of phenols is 1. The van der Waals surface area contributed by atoms with Gasteiger partial charge in [-0.2, -0.15) is 0 Å². The Bertz CT molecular complexity index is 635. The van der Waals surface area contributed by atoms with Gasteiger partial charge in [0.1, 0.15) is 5.56 Å². The Morgan fingerprint density at radius 1 is 1.55 bits per heavy atom. The number of methoxy groups -OCH3 is 1. The molecule has 2 rings (SSSR count). The van der Waals surface area contributed by atoms with E-state index in [2.05, 4.69) is 0 Å². The number of amides is 1. The maximum atomic E-state index is 13.4. The SMILES string of the molecule is COc1cc(C(=O)N2CC(F)(F)C[C@H]2C)c([N+](=O)[O-])cc1O. The Kier molecular flexibility index (Phi) is 3.90. The third-order valence-electron chi connectivity index (χ3n) is 3.51. The molecule has 7 nitrogen and oxygen atoms in total. The summed E-state index contributed by atoms with van der Waals surface area (Å²) in [6.45, 7) is 0.648. The zero-order valence-electron chi connectivity index (χ0n) is 11.9.